The third-order valence-corrected chi connectivity index (χ3v) is 8.57. The van der Waals surface area contributed by atoms with Crippen molar-refractivity contribution in [3.63, 3.8) is 0 Å². The molecular weight excluding hydrogens is 552 g/mol. The van der Waals surface area contributed by atoms with Crippen LogP contribution < -0.4 is 9.80 Å². The minimum absolute atomic E-state index is 0.134. The van der Waals surface area contributed by atoms with Crippen molar-refractivity contribution < 1.29 is 14.2 Å². The monoisotopic (exact) mass is 612 g/mol. The Morgan fingerprint density at radius 2 is 1.43 bits per heavy atom. The van der Waals surface area contributed by atoms with E-state index in [1.807, 2.05) is 0 Å². The molecule has 2 aromatic rings. The molecule has 248 valence electrons. The summed E-state index contributed by atoms with van der Waals surface area (Å²) in [5.41, 5.74) is 7.27. The number of aromatic nitrogens is 2. The molecule has 0 amide bonds. The molecule has 0 saturated carbocycles. The number of morpholine rings is 2. The minimum Gasteiger partial charge on any atom is -0.382 e. The number of pyridine rings is 2. The van der Waals surface area contributed by atoms with Crippen molar-refractivity contribution >= 4 is 11.4 Å². The standard InChI is InChI=1S/C18H31N3O2.C17H29N3O/c1-6-14(2)16-7-8-18(17(19-16)12-20(3)4)21-9-10-23-15(11-21)13-22-5;1-5-19(6-2)13-16-17(20-9-11-21-12-10-20)8-7-15(18-16)14(3)4/h7-8,14-15H,6,9-13H2,1-5H3;7-8,14H,5-6,9-13H2,1-4H3. The Morgan fingerprint density at radius 3 is 2.02 bits per heavy atom. The zero-order valence-electron chi connectivity index (χ0n) is 29.1. The molecule has 2 atom stereocenters. The molecule has 0 spiro atoms. The summed E-state index contributed by atoms with van der Waals surface area (Å²) in [5.74, 6) is 0.968. The molecule has 44 heavy (non-hydrogen) atoms. The highest BCUT2D eigenvalue weighted by Gasteiger charge is 2.24. The van der Waals surface area contributed by atoms with Crippen LogP contribution in [0.15, 0.2) is 24.3 Å². The van der Waals surface area contributed by atoms with Crippen molar-refractivity contribution in [2.24, 2.45) is 0 Å². The lowest BCUT2D eigenvalue weighted by Gasteiger charge is -2.35. The third-order valence-electron chi connectivity index (χ3n) is 8.57. The van der Waals surface area contributed by atoms with Gasteiger partial charge in [0.2, 0.25) is 0 Å². The average molecular weight is 613 g/mol. The van der Waals surface area contributed by atoms with Crippen LogP contribution in [0.4, 0.5) is 11.4 Å². The summed E-state index contributed by atoms with van der Waals surface area (Å²) < 4.78 is 16.5. The highest BCUT2D eigenvalue weighted by atomic mass is 16.5. The average Bonchev–Trinajstić information content (AvgIpc) is 3.03. The molecule has 2 unspecified atom stereocenters. The molecule has 0 bridgehead atoms. The predicted octanol–water partition coefficient (Wildman–Crippen LogP) is 5.39. The molecule has 0 N–H and O–H groups in total. The summed E-state index contributed by atoms with van der Waals surface area (Å²) in [6.07, 6.45) is 1.25. The smallest absolute Gasteiger partial charge is 0.0983 e. The second kappa shape index (κ2) is 18.6. The van der Waals surface area contributed by atoms with Gasteiger partial charge in [0.25, 0.3) is 0 Å². The van der Waals surface area contributed by atoms with Crippen LogP contribution in [0.2, 0.25) is 0 Å². The molecule has 2 fully saturated rings. The lowest BCUT2D eigenvalue weighted by atomic mass is 10.0. The summed E-state index contributed by atoms with van der Waals surface area (Å²) in [5, 5.41) is 0. The summed E-state index contributed by atoms with van der Waals surface area (Å²) >= 11 is 0. The van der Waals surface area contributed by atoms with Gasteiger partial charge in [-0.3, -0.25) is 14.9 Å². The molecule has 0 radical (unpaired) electrons. The minimum atomic E-state index is 0.134. The van der Waals surface area contributed by atoms with Gasteiger partial charge in [-0.25, -0.2) is 0 Å². The van der Waals surface area contributed by atoms with E-state index in [0.29, 0.717) is 18.4 Å². The summed E-state index contributed by atoms with van der Waals surface area (Å²) in [7, 11) is 5.91. The van der Waals surface area contributed by atoms with Crippen LogP contribution in [0.3, 0.4) is 0 Å². The van der Waals surface area contributed by atoms with E-state index in [0.717, 1.165) is 84.3 Å². The van der Waals surface area contributed by atoms with E-state index in [4.69, 9.17) is 24.2 Å². The van der Waals surface area contributed by atoms with Crippen LogP contribution in [0.5, 0.6) is 0 Å². The third kappa shape index (κ3) is 10.7. The number of anilines is 2. The number of hydrogen-bond acceptors (Lipinski definition) is 9. The van der Waals surface area contributed by atoms with Gasteiger partial charge in [-0.05, 0) is 69.7 Å². The first-order chi connectivity index (χ1) is 21.2. The Morgan fingerprint density at radius 1 is 0.841 bits per heavy atom. The van der Waals surface area contributed by atoms with E-state index in [-0.39, 0.29) is 6.10 Å². The first-order valence-corrected chi connectivity index (χ1v) is 16.7. The van der Waals surface area contributed by atoms with Crippen molar-refractivity contribution in [3.8, 4) is 0 Å². The maximum atomic E-state index is 5.77. The maximum Gasteiger partial charge on any atom is 0.0983 e. The highest BCUT2D eigenvalue weighted by molar-refractivity contribution is 5.53. The topological polar surface area (TPSA) is 66.4 Å². The second-order valence-electron chi connectivity index (χ2n) is 12.6. The molecule has 0 aliphatic carbocycles. The zero-order chi connectivity index (χ0) is 32.1. The Bertz CT molecular complexity index is 1100. The molecule has 2 saturated heterocycles. The lowest BCUT2D eigenvalue weighted by Crippen LogP contribution is -2.45. The molecular formula is C35H60N6O3. The van der Waals surface area contributed by atoms with Crippen molar-refractivity contribution in [2.75, 3.05) is 96.7 Å². The zero-order valence-corrected chi connectivity index (χ0v) is 29.1. The summed E-state index contributed by atoms with van der Waals surface area (Å²) in [6, 6.07) is 8.86. The number of ether oxygens (including phenoxy) is 3. The van der Waals surface area contributed by atoms with Gasteiger partial charge in [0.1, 0.15) is 0 Å². The van der Waals surface area contributed by atoms with Crippen molar-refractivity contribution in [1.82, 2.24) is 19.8 Å². The lowest BCUT2D eigenvalue weighted by molar-refractivity contribution is -0.0101. The maximum absolute atomic E-state index is 5.77. The van der Waals surface area contributed by atoms with Gasteiger partial charge in [-0.1, -0.05) is 41.5 Å². The van der Waals surface area contributed by atoms with Crippen LogP contribution in [-0.2, 0) is 27.3 Å². The number of nitrogens with zero attached hydrogens (tertiary/aromatic N) is 6. The first-order valence-electron chi connectivity index (χ1n) is 16.7. The van der Waals surface area contributed by atoms with Gasteiger partial charge in [0.15, 0.2) is 0 Å². The fourth-order valence-corrected chi connectivity index (χ4v) is 5.62. The van der Waals surface area contributed by atoms with Crippen LogP contribution in [0, 0.1) is 0 Å². The van der Waals surface area contributed by atoms with Gasteiger partial charge in [-0.15, -0.1) is 0 Å². The Hall–Kier alpha value is -2.30. The van der Waals surface area contributed by atoms with E-state index in [1.54, 1.807) is 7.11 Å². The Kier molecular flexibility index (Phi) is 15.3. The Balaban J connectivity index is 0.000000241. The van der Waals surface area contributed by atoms with Gasteiger partial charge in [0, 0.05) is 57.8 Å². The van der Waals surface area contributed by atoms with E-state index in [2.05, 4.69) is 99.5 Å². The van der Waals surface area contributed by atoms with E-state index in [9.17, 15) is 0 Å². The molecule has 9 nitrogen and oxygen atoms in total. The van der Waals surface area contributed by atoms with Crippen LogP contribution in [0.1, 0.15) is 82.6 Å². The molecule has 0 aromatic carbocycles. The molecule has 9 heteroatoms. The Labute approximate surface area is 267 Å². The largest absolute Gasteiger partial charge is 0.382 e. The van der Waals surface area contributed by atoms with Gasteiger partial charge >= 0.3 is 0 Å². The number of methoxy groups -OCH3 is 1. The molecule has 4 rings (SSSR count). The highest BCUT2D eigenvalue weighted by Crippen LogP contribution is 2.27. The normalized spacial score (nSPS) is 18.1. The summed E-state index contributed by atoms with van der Waals surface area (Å²) in [6.45, 7) is 23.9. The number of rotatable bonds is 13. The molecule has 2 aromatic heterocycles. The predicted molar refractivity (Wildman–Crippen MR) is 182 cm³/mol. The quantitative estimate of drug-likeness (QED) is 0.296. The first kappa shape index (κ1) is 36.2. The fourth-order valence-electron chi connectivity index (χ4n) is 5.62. The summed E-state index contributed by atoms with van der Waals surface area (Å²) in [4.78, 5) is 19.3. The van der Waals surface area contributed by atoms with Gasteiger partial charge in [0.05, 0.1) is 55.3 Å². The molecule has 2 aliphatic rings. The van der Waals surface area contributed by atoms with Crippen LogP contribution in [0.25, 0.3) is 0 Å². The van der Waals surface area contributed by atoms with Gasteiger partial charge < -0.3 is 28.9 Å². The van der Waals surface area contributed by atoms with Crippen LogP contribution in [-0.4, -0.2) is 113 Å². The molecule has 4 heterocycles. The molecule has 2 aliphatic heterocycles. The fraction of sp³-hybridized carbons (Fsp3) is 0.714. The second-order valence-corrected chi connectivity index (χ2v) is 12.6. The van der Waals surface area contributed by atoms with E-state index >= 15 is 0 Å². The van der Waals surface area contributed by atoms with E-state index < -0.39 is 0 Å². The van der Waals surface area contributed by atoms with Crippen LogP contribution >= 0.6 is 0 Å². The van der Waals surface area contributed by atoms with E-state index in [1.165, 1.54) is 28.5 Å². The SMILES string of the molecule is CCC(C)c1ccc(N2CCOC(COC)C2)c(CN(C)C)n1.CCN(CC)Cc1nc(C(C)C)ccc1N1CCOCC1. The van der Waals surface area contributed by atoms with Crippen molar-refractivity contribution in [1.29, 1.82) is 0 Å². The van der Waals surface area contributed by atoms with Crippen molar-refractivity contribution in [3.05, 3.63) is 47.0 Å². The van der Waals surface area contributed by atoms with Gasteiger partial charge in [-0.2, -0.15) is 0 Å². The number of hydrogen-bond donors (Lipinski definition) is 0. The van der Waals surface area contributed by atoms with Crippen molar-refractivity contribution in [2.45, 2.75) is 79.0 Å².